The van der Waals surface area contributed by atoms with Crippen LogP contribution in [0, 0.1) is 17.1 Å². The monoisotopic (exact) mass is 324 g/mol. The van der Waals surface area contributed by atoms with E-state index in [0.29, 0.717) is 21.4 Å². The maximum atomic E-state index is 12.9. The summed E-state index contributed by atoms with van der Waals surface area (Å²) in [6.07, 6.45) is 0. The van der Waals surface area contributed by atoms with Gasteiger partial charge in [0, 0.05) is 4.47 Å². The van der Waals surface area contributed by atoms with Gasteiger partial charge in [-0.15, -0.1) is 0 Å². The van der Waals surface area contributed by atoms with Gasteiger partial charge in [-0.1, -0.05) is 17.7 Å². The Morgan fingerprint density at radius 3 is 2.67 bits per heavy atom. The molecule has 0 aliphatic heterocycles. The number of halogens is 3. The Hall–Kier alpha value is -1.57. The van der Waals surface area contributed by atoms with Gasteiger partial charge in [0.25, 0.3) is 0 Å². The third-order valence-electron chi connectivity index (χ3n) is 2.33. The van der Waals surface area contributed by atoms with Crippen LogP contribution >= 0.6 is 27.5 Å². The van der Waals surface area contributed by atoms with E-state index in [-0.39, 0.29) is 5.02 Å². The molecule has 0 aliphatic carbocycles. The molecule has 0 saturated heterocycles. The fraction of sp³-hybridized carbons (Fsp3) is 0. The molecule has 2 aromatic carbocycles. The van der Waals surface area contributed by atoms with Crippen molar-refractivity contribution in [3.05, 3.63) is 57.3 Å². The molecule has 90 valence electrons. The number of nitriles is 1. The Bertz CT molecular complexity index is 637. The SMILES string of the molecule is N#Cc1c(Br)cccc1Nc1ccc(F)cc1Cl. The average Bonchev–Trinajstić information content (AvgIpc) is 2.33. The Kier molecular flexibility index (Phi) is 3.85. The maximum absolute atomic E-state index is 12.9. The van der Waals surface area contributed by atoms with Crippen molar-refractivity contribution in [2.24, 2.45) is 0 Å². The molecule has 0 saturated carbocycles. The molecular weight excluding hydrogens is 319 g/mol. The van der Waals surface area contributed by atoms with Gasteiger partial charge >= 0.3 is 0 Å². The van der Waals surface area contributed by atoms with Crippen molar-refractivity contribution in [1.82, 2.24) is 0 Å². The molecule has 2 rings (SSSR count). The Labute approximate surface area is 117 Å². The summed E-state index contributed by atoms with van der Waals surface area (Å²) in [5.74, 6) is -0.403. The number of nitrogens with zero attached hydrogens (tertiary/aromatic N) is 1. The zero-order valence-corrected chi connectivity index (χ0v) is 11.4. The smallest absolute Gasteiger partial charge is 0.124 e. The summed E-state index contributed by atoms with van der Waals surface area (Å²) in [5.41, 5.74) is 1.63. The molecule has 0 bridgehead atoms. The fourth-order valence-corrected chi connectivity index (χ4v) is 2.15. The molecule has 2 aromatic rings. The van der Waals surface area contributed by atoms with Crippen LogP contribution in [0.1, 0.15) is 5.56 Å². The number of rotatable bonds is 2. The second-order valence-corrected chi connectivity index (χ2v) is 4.78. The van der Waals surface area contributed by atoms with Crippen LogP contribution in [0.25, 0.3) is 0 Å². The van der Waals surface area contributed by atoms with Crippen LogP contribution in [0.5, 0.6) is 0 Å². The van der Waals surface area contributed by atoms with Gasteiger partial charge in [-0.3, -0.25) is 0 Å². The molecule has 0 radical (unpaired) electrons. The summed E-state index contributed by atoms with van der Waals surface area (Å²) in [7, 11) is 0. The first-order valence-electron chi connectivity index (χ1n) is 5.02. The van der Waals surface area contributed by atoms with Crippen molar-refractivity contribution in [2.75, 3.05) is 5.32 Å². The van der Waals surface area contributed by atoms with Gasteiger partial charge in [0.2, 0.25) is 0 Å². The number of benzene rings is 2. The lowest BCUT2D eigenvalue weighted by Gasteiger charge is -2.10. The van der Waals surface area contributed by atoms with Crippen molar-refractivity contribution in [3.63, 3.8) is 0 Å². The minimum absolute atomic E-state index is 0.263. The average molecular weight is 326 g/mol. The van der Waals surface area contributed by atoms with Crippen molar-refractivity contribution < 1.29 is 4.39 Å². The van der Waals surface area contributed by atoms with Crippen molar-refractivity contribution in [2.45, 2.75) is 0 Å². The lowest BCUT2D eigenvalue weighted by atomic mass is 10.2. The minimum Gasteiger partial charge on any atom is -0.353 e. The largest absolute Gasteiger partial charge is 0.353 e. The van der Waals surface area contributed by atoms with E-state index in [1.165, 1.54) is 18.2 Å². The van der Waals surface area contributed by atoms with E-state index in [0.717, 1.165) is 0 Å². The van der Waals surface area contributed by atoms with E-state index in [9.17, 15) is 4.39 Å². The molecule has 0 heterocycles. The number of nitrogens with one attached hydrogen (secondary N) is 1. The highest BCUT2D eigenvalue weighted by molar-refractivity contribution is 9.10. The molecule has 5 heteroatoms. The number of anilines is 2. The molecule has 1 N–H and O–H groups in total. The lowest BCUT2D eigenvalue weighted by molar-refractivity contribution is 0.628. The van der Waals surface area contributed by atoms with Crippen LogP contribution in [0.3, 0.4) is 0 Å². The summed E-state index contributed by atoms with van der Waals surface area (Å²) >= 11 is 9.21. The minimum atomic E-state index is -0.403. The summed E-state index contributed by atoms with van der Waals surface area (Å²) in [5, 5.41) is 12.3. The van der Waals surface area contributed by atoms with Crippen LogP contribution < -0.4 is 5.32 Å². The third kappa shape index (κ3) is 2.63. The standard InChI is InChI=1S/C13H7BrClFN2/c14-10-2-1-3-12(9(10)7-17)18-13-5-4-8(16)6-11(13)15/h1-6,18H. The van der Waals surface area contributed by atoms with Gasteiger partial charge < -0.3 is 5.32 Å². The first kappa shape index (κ1) is 12.9. The number of hydrogen-bond donors (Lipinski definition) is 1. The molecular formula is C13H7BrClFN2. The van der Waals surface area contributed by atoms with Gasteiger partial charge in [-0.05, 0) is 46.3 Å². The molecule has 0 aromatic heterocycles. The summed E-state index contributed by atoms with van der Waals surface area (Å²) in [4.78, 5) is 0. The quantitative estimate of drug-likeness (QED) is 0.856. The molecule has 0 unspecified atom stereocenters. The predicted octanol–water partition coefficient (Wildman–Crippen LogP) is 4.86. The van der Waals surface area contributed by atoms with Crippen LogP contribution in [0.4, 0.5) is 15.8 Å². The highest BCUT2D eigenvalue weighted by Gasteiger charge is 2.08. The summed E-state index contributed by atoms with van der Waals surface area (Å²) in [6, 6.07) is 11.5. The second kappa shape index (κ2) is 5.38. The molecule has 0 fully saturated rings. The zero-order chi connectivity index (χ0) is 13.1. The Morgan fingerprint density at radius 2 is 2.00 bits per heavy atom. The van der Waals surface area contributed by atoms with E-state index in [1.54, 1.807) is 18.2 Å². The normalized spacial score (nSPS) is 9.89. The molecule has 2 nitrogen and oxygen atoms in total. The van der Waals surface area contributed by atoms with Gasteiger partial charge in [-0.25, -0.2) is 4.39 Å². The Balaban J connectivity index is 2.41. The highest BCUT2D eigenvalue weighted by Crippen LogP contribution is 2.30. The van der Waals surface area contributed by atoms with E-state index < -0.39 is 5.82 Å². The highest BCUT2D eigenvalue weighted by atomic mass is 79.9. The molecule has 0 aliphatic rings. The summed E-state index contributed by atoms with van der Waals surface area (Å²) < 4.78 is 13.6. The van der Waals surface area contributed by atoms with E-state index in [1.807, 2.05) is 0 Å². The van der Waals surface area contributed by atoms with Crippen LogP contribution in [0.2, 0.25) is 5.02 Å². The molecule has 0 atom stereocenters. The molecule has 0 spiro atoms. The second-order valence-electron chi connectivity index (χ2n) is 3.52. The van der Waals surface area contributed by atoms with Crippen LogP contribution in [0.15, 0.2) is 40.9 Å². The van der Waals surface area contributed by atoms with Crippen LogP contribution in [-0.2, 0) is 0 Å². The molecule has 18 heavy (non-hydrogen) atoms. The van der Waals surface area contributed by atoms with Gasteiger partial charge in [0.15, 0.2) is 0 Å². The molecule has 0 amide bonds. The maximum Gasteiger partial charge on any atom is 0.124 e. The van der Waals surface area contributed by atoms with Crippen molar-refractivity contribution in [3.8, 4) is 6.07 Å². The first-order valence-corrected chi connectivity index (χ1v) is 6.19. The van der Waals surface area contributed by atoms with E-state index in [4.69, 9.17) is 16.9 Å². The van der Waals surface area contributed by atoms with Crippen LogP contribution in [-0.4, -0.2) is 0 Å². The first-order chi connectivity index (χ1) is 8.61. The zero-order valence-electron chi connectivity index (χ0n) is 9.05. The van der Waals surface area contributed by atoms with Gasteiger partial charge in [-0.2, -0.15) is 5.26 Å². The van der Waals surface area contributed by atoms with Gasteiger partial charge in [0.1, 0.15) is 11.9 Å². The van der Waals surface area contributed by atoms with Crippen molar-refractivity contribution in [1.29, 1.82) is 5.26 Å². The van der Waals surface area contributed by atoms with Crippen molar-refractivity contribution >= 4 is 38.9 Å². The van der Waals surface area contributed by atoms with E-state index >= 15 is 0 Å². The topological polar surface area (TPSA) is 35.8 Å². The van der Waals surface area contributed by atoms with Gasteiger partial charge in [0.05, 0.1) is 22.0 Å². The Morgan fingerprint density at radius 1 is 1.22 bits per heavy atom. The fourth-order valence-electron chi connectivity index (χ4n) is 1.48. The third-order valence-corrected chi connectivity index (χ3v) is 3.30. The predicted molar refractivity (Wildman–Crippen MR) is 73.5 cm³/mol. The lowest BCUT2D eigenvalue weighted by Crippen LogP contribution is -1.95. The summed E-state index contributed by atoms with van der Waals surface area (Å²) in [6.45, 7) is 0. The number of hydrogen-bond acceptors (Lipinski definition) is 2. The van der Waals surface area contributed by atoms with E-state index in [2.05, 4.69) is 27.3 Å².